The molecule has 2 aliphatic heterocycles. The molecule has 2 rings (SSSR count). The lowest BCUT2D eigenvalue weighted by atomic mass is 10.1. The van der Waals surface area contributed by atoms with E-state index in [0.29, 0.717) is 6.04 Å². The minimum Gasteiger partial charge on any atom is -0.358 e. The van der Waals surface area contributed by atoms with Gasteiger partial charge < -0.3 is 4.74 Å². The first-order valence-corrected chi connectivity index (χ1v) is 5.35. The first kappa shape index (κ1) is 9.44. The van der Waals surface area contributed by atoms with E-state index < -0.39 is 0 Å². The molecular weight excluding hydrogens is 164 g/mol. The van der Waals surface area contributed by atoms with Gasteiger partial charge in [-0.15, -0.1) is 0 Å². The highest BCUT2D eigenvalue weighted by atomic mass is 16.5. The molecule has 0 aromatic heterocycles. The summed E-state index contributed by atoms with van der Waals surface area (Å²) in [6.45, 7) is 8.66. The second-order valence-corrected chi connectivity index (χ2v) is 4.44. The Morgan fingerprint density at radius 1 is 1.46 bits per heavy atom. The van der Waals surface area contributed by atoms with E-state index in [1.54, 1.807) is 0 Å². The Morgan fingerprint density at radius 2 is 2.31 bits per heavy atom. The van der Waals surface area contributed by atoms with Crippen LogP contribution in [0.25, 0.3) is 0 Å². The molecule has 13 heavy (non-hydrogen) atoms. The first-order chi connectivity index (χ1) is 6.22. The zero-order chi connectivity index (χ0) is 9.31. The average molecular weight is 184 g/mol. The second-order valence-electron chi connectivity index (χ2n) is 4.44. The van der Waals surface area contributed by atoms with Crippen LogP contribution in [0.15, 0.2) is 0 Å². The quantitative estimate of drug-likeness (QED) is 0.652. The Labute approximate surface area is 80.4 Å². The van der Waals surface area contributed by atoms with Crippen molar-refractivity contribution in [3.8, 4) is 0 Å². The summed E-state index contributed by atoms with van der Waals surface area (Å²) in [5, 5.41) is 3.49. The SMILES string of the molecule is CC(C)N1CCOC2(CCCN2)C1. The van der Waals surface area contributed by atoms with Crippen LogP contribution in [0.5, 0.6) is 0 Å². The standard InChI is InChI=1S/C10H20N2O/c1-9(2)12-6-7-13-10(8-12)4-3-5-11-10/h9,11H,3-8H2,1-2H3. The van der Waals surface area contributed by atoms with Crippen LogP contribution in [0, 0.1) is 0 Å². The second kappa shape index (κ2) is 3.56. The van der Waals surface area contributed by atoms with Gasteiger partial charge in [0.05, 0.1) is 6.61 Å². The van der Waals surface area contributed by atoms with Crippen molar-refractivity contribution in [1.29, 1.82) is 0 Å². The topological polar surface area (TPSA) is 24.5 Å². The average Bonchev–Trinajstić information content (AvgIpc) is 2.53. The van der Waals surface area contributed by atoms with Crippen LogP contribution in [-0.4, -0.2) is 42.9 Å². The fraction of sp³-hybridized carbons (Fsp3) is 1.00. The number of nitrogens with one attached hydrogen (secondary N) is 1. The van der Waals surface area contributed by atoms with E-state index in [9.17, 15) is 0 Å². The highest BCUT2D eigenvalue weighted by molar-refractivity contribution is 4.90. The Kier molecular flexibility index (Phi) is 2.58. The van der Waals surface area contributed by atoms with Gasteiger partial charge in [-0.2, -0.15) is 0 Å². The van der Waals surface area contributed by atoms with Gasteiger partial charge in [-0.3, -0.25) is 10.2 Å². The summed E-state index contributed by atoms with van der Waals surface area (Å²) >= 11 is 0. The normalized spacial score (nSPS) is 36.2. The molecule has 1 N–H and O–H groups in total. The molecule has 2 fully saturated rings. The molecule has 0 radical (unpaired) electrons. The summed E-state index contributed by atoms with van der Waals surface area (Å²) in [6.07, 6.45) is 2.43. The van der Waals surface area contributed by atoms with Crippen LogP contribution < -0.4 is 5.32 Å². The molecule has 2 aliphatic rings. The van der Waals surface area contributed by atoms with Gasteiger partial charge in [-0.1, -0.05) is 0 Å². The third kappa shape index (κ3) is 1.87. The lowest BCUT2D eigenvalue weighted by Crippen LogP contribution is -2.58. The van der Waals surface area contributed by atoms with Gasteiger partial charge in [0.25, 0.3) is 0 Å². The molecule has 1 atom stereocenters. The maximum absolute atomic E-state index is 5.85. The predicted octanol–water partition coefficient (Wildman–Crippen LogP) is 0.807. The maximum Gasteiger partial charge on any atom is 0.132 e. The molecular formula is C10H20N2O. The third-order valence-corrected chi connectivity index (χ3v) is 3.15. The fourth-order valence-electron chi connectivity index (χ4n) is 2.29. The van der Waals surface area contributed by atoms with Crippen molar-refractivity contribution in [2.24, 2.45) is 0 Å². The van der Waals surface area contributed by atoms with Crippen molar-refractivity contribution in [1.82, 2.24) is 10.2 Å². The van der Waals surface area contributed by atoms with Crippen LogP contribution >= 0.6 is 0 Å². The fourth-order valence-corrected chi connectivity index (χ4v) is 2.29. The molecule has 1 unspecified atom stereocenters. The highest BCUT2D eigenvalue weighted by Gasteiger charge is 2.39. The molecule has 1 spiro atoms. The molecule has 3 heteroatoms. The van der Waals surface area contributed by atoms with E-state index in [1.165, 1.54) is 12.8 Å². The minimum absolute atomic E-state index is 0.00250. The molecule has 0 bridgehead atoms. The molecule has 2 heterocycles. The van der Waals surface area contributed by atoms with Crippen molar-refractivity contribution in [2.75, 3.05) is 26.2 Å². The Hall–Kier alpha value is -0.120. The number of ether oxygens (including phenoxy) is 1. The summed E-state index contributed by atoms with van der Waals surface area (Å²) in [4.78, 5) is 2.50. The van der Waals surface area contributed by atoms with Gasteiger partial charge in [0.15, 0.2) is 0 Å². The van der Waals surface area contributed by atoms with E-state index >= 15 is 0 Å². The molecule has 0 amide bonds. The molecule has 0 saturated carbocycles. The van der Waals surface area contributed by atoms with Crippen LogP contribution in [0.3, 0.4) is 0 Å². The van der Waals surface area contributed by atoms with Crippen molar-refractivity contribution in [3.05, 3.63) is 0 Å². The summed E-state index contributed by atoms with van der Waals surface area (Å²) in [5.74, 6) is 0. The van der Waals surface area contributed by atoms with Gasteiger partial charge in [0.2, 0.25) is 0 Å². The zero-order valence-corrected chi connectivity index (χ0v) is 8.68. The van der Waals surface area contributed by atoms with Gasteiger partial charge in [0.1, 0.15) is 5.72 Å². The van der Waals surface area contributed by atoms with E-state index in [1.807, 2.05) is 0 Å². The van der Waals surface area contributed by atoms with Gasteiger partial charge in [-0.25, -0.2) is 0 Å². The van der Waals surface area contributed by atoms with Crippen molar-refractivity contribution < 1.29 is 4.74 Å². The number of morpholine rings is 1. The van der Waals surface area contributed by atoms with Crippen LogP contribution in [-0.2, 0) is 4.74 Å². The summed E-state index contributed by atoms with van der Waals surface area (Å²) in [6, 6.07) is 0.642. The van der Waals surface area contributed by atoms with Crippen LogP contribution in [0.4, 0.5) is 0 Å². The van der Waals surface area contributed by atoms with Crippen molar-refractivity contribution in [2.45, 2.75) is 38.5 Å². The molecule has 2 saturated heterocycles. The Morgan fingerprint density at radius 3 is 2.92 bits per heavy atom. The van der Waals surface area contributed by atoms with Crippen molar-refractivity contribution in [3.63, 3.8) is 0 Å². The molecule has 0 aromatic carbocycles. The minimum atomic E-state index is 0.00250. The predicted molar refractivity (Wildman–Crippen MR) is 52.6 cm³/mol. The monoisotopic (exact) mass is 184 g/mol. The molecule has 0 aliphatic carbocycles. The maximum atomic E-state index is 5.85. The third-order valence-electron chi connectivity index (χ3n) is 3.15. The Balaban J connectivity index is 1.98. The van der Waals surface area contributed by atoms with E-state index in [4.69, 9.17) is 4.74 Å². The lowest BCUT2D eigenvalue weighted by Gasteiger charge is -2.42. The summed E-state index contributed by atoms with van der Waals surface area (Å²) in [7, 11) is 0. The van der Waals surface area contributed by atoms with Crippen molar-refractivity contribution >= 4 is 0 Å². The van der Waals surface area contributed by atoms with E-state index in [0.717, 1.165) is 26.2 Å². The molecule has 0 aromatic rings. The van der Waals surface area contributed by atoms with Gasteiger partial charge in [-0.05, 0) is 33.2 Å². The molecule has 3 nitrogen and oxygen atoms in total. The first-order valence-electron chi connectivity index (χ1n) is 5.35. The van der Waals surface area contributed by atoms with Gasteiger partial charge >= 0.3 is 0 Å². The lowest BCUT2D eigenvalue weighted by molar-refractivity contribution is -0.124. The number of rotatable bonds is 1. The van der Waals surface area contributed by atoms with Crippen LogP contribution in [0.2, 0.25) is 0 Å². The molecule has 76 valence electrons. The van der Waals surface area contributed by atoms with E-state index in [-0.39, 0.29) is 5.72 Å². The van der Waals surface area contributed by atoms with Crippen LogP contribution in [0.1, 0.15) is 26.7 Å². The number of hydrogen-bond donors (Lipinski definition) is 1. The highest BCUT2D eigenvalue weighted by Crippen LogP contribution is 2.25. The smallest absolute Gasteiger partial charge is 0.132 e. The largest absolute Gasteiger partial charge is 0.358 e. The van der Waals surface area contributed by atoms with E-state index in [2.05, 4.69) is 24.1 Å². The Bertz CT molecular complexity index is 176. The summed E-state index contributed by atoms with van der Waals surface area (Å²) in [5.41, 5.74) is 0.00250. The summed E-state index contributed by atoms with van der Waals surface area (Å²) < 4.78 is 5.85. The zero-order valence-electron chi connectivity index (χ0n) is 8.68. The number of nitrogens with zero attached hydrogens (tertiary/aromatic N) is 1. The number of hydrogen-bond acceptors (Lipinski definition) is 3. The van der Waals surface area contributed by atoms with Gasteiger partial charge in [0, 0.05) is 19.1 Å².